The summed E-state index contributed by atoms with van der Waals surface area (Å²) in [6, 6.07) is 4.60. The van der Waals surface area contributed by atoms with Crippen molar-refractivity contribution in [2.75, 3.05) is 13.3 Å². The predicted molar refractivity (Wildman–Crippen MR) is 119 cm³/mol. The van der Waals surface area contributed by atoms with E-state index in [1.165, 1.54) is 41.8 Å². The lowest BCUT2D eigenvalue weighted by Gasteiger charge is -2.37. The quantitative estimate of drug-likeness (QED) is 0.545. The van der Waals surface area contributed by atoms with E-state index >= 15 is 0 Å². The number of hydrogen-bond donors (Lipinski definition) is 1. The molecule has 1 atom stereocenters. The molecule has 1 aromatic carbocycles. The summed E-state index contributed by atoms with van der Waals surface area (Å²) in [5.74, 6) is -0.101. The van der Waals surface area contributed by atoms with Gasteiger partial charge in [0.25, 0.3) is 0 Å². The van der Waals surface area contributed by atoms with E-state index in [0.29, 0.717) is 38.8 Å². The predicted octanol–water partition coefficient (Wildman–Crippen LogP) is 4.83. The number of fused-ring (bicyclic) bond motifs is 1. The molecule has 3 aromatic rings. The van der Waals surface area contributed by atoms with Gasteiger partial charge in [-0.05, 0) is 18.2 Å². The van der Waals surface area contributed by atoms with Gasteiger partial charge < -0.3 is 10.1 Å². The second-order valence-electron chi connectivity index (χ2n) is 7.34. The summed E-state index contributed by atoms with van der Waals surface area (Å²) in [5, 5.41) is 9.16. The number of amidine groups is 1. The fourth-order valence-corrected chi connectivity index (χ4v) is 4.80. The monoisotopic (exact) mass is 508 g/mol. The van der Waals surface area contributed by atoms with E-state index in [1.807, 2.05) is 0 Å². The lowest BCUT2D eigenvalue weighted by molar-refractivity contribution is 0.0564. The maximum Gasteiger partial charge on any atom is 0.408 e. The van der Waals surface area contributed by atoms with Crippen LogP contribution in [0.3, 0.4) is 0 Å². The Hall–Kier alpha value is -3.38. The topological polar surface area (TPSA) is 84.6 Å². The van der Waals surface area contributed by atoms with Crippen LogP contribution in [0.2, 0.25) is 5.02 Å². The van der Waals surface area contributed by atoms with Gasteiger partial charge in [0.1, 0.15) is 11.9 Å². The molecule has 8 nitrogen and oxygen atoms in total. The number of nitrogens with zero attached hydrogens (tertiary/aromatic N) is 5. The highest BCUT2D eigenvalue weighted by atomic mass is 35.5. The number of aliphatic imine (C=N–C) groups is 1. The van der Waals surface area contributed by atoms with Gasteiger partial charge >= 0.3 is 12.6 Å². The Labute approximate surface area is 200 Å². The van der Waals surface area contributed by atoms with Gasteiger partial charge in [-0.3, -0.25) is 9.89 Å². The molecule has 0 spiro atoms. The highest BCUT2D eigenvalue weighted by Crippen LogP contribution is 2.44. The fraction of sp³-hybridized carbons (Fsp3) is 0.238. The SMILES string of the molecule is O=C1NCCC2=C(c3ccn(C(F)F)n3)[C@H](c3ccc(F)cc3Cl)N=C(c3nccs3)N2CO1. The Kier molecular flexibility index (Phi) is 6.00. The first-order chi connectivity index (χ1) is 16.4. The Balaban J connectivity index is 1.74. The lowest BCUT2D eigenvalue weighted by atomic mass is 9.91. The van der Waals surface area contributed by atoms with Crippen LogP contribution in [0.5, 0.6) is 0 Å². The number of cyclic esters (lactones) is 1. The number of ether oxygens (including phenoxy) is 1. The van der Waals surface area contributed by atoms with Crippen LogP contribution in [0.25, 0.3) is 5.57 Å². The number of aromatic nitrogens is 3. The van der Waals surface area contributed by atoms with Crippen LogP contribution in [0, 0.1) is 5.82 Å². The Bertz CT molecular complexity index is 1290. The zero-order valence-electron chi connectivity index (χ0n) is 17.3. The molecular formula is C21H16ClF3N6O2S. The van der Waals surface area contributed by atoms with Gasteiger partial charge in [0.15, 0.2) is 17.6 Å². The van der Waals surface area contributed by atoms with Gasteiger partial charge in [-0.2, -0.15) is 13.9 Å². The molecule has 4 heterocycles. The van der Waals surface area contributed by atoms with Crippen molar-refractivity contribution in [2.45, 2.75) is 19.0 Å². The Morgan fingerprint density at radius 3 is 2.85 bits per heavy atom. The first kappa shape index (κ1) is 22.4. The number of alkyl halides is 2. The Morgan fingerprint density at radius 2 is 2.15 bits per heavy atom. The van der Waals surface area contributed by atoms with E-state index in [2.05, 4.69) is 15.4 Å². The molecule has 2 aliphatic rings. The van der Waals surface area contributed by atoms with Gasteiger partial charge in [-0.1, -0.05) is 17.7 Å². The number of halogens is 4. The minimum atomic E-state index is -2.83. The maximum absolute atomic E-state index is 13.8. The van der Waals surface area contributed by atoms with E-state index < -0.39 is 24.5 Å². The third kappa shape index (κ3) is 4.14. The molecule has 13 heteroatoms. The summed E-state index contributed by atoms with van der Waals surface area (Å²) in [4.78, 5) is 22.8. The summed E-state index contributed by atoms with van der Waals surface area (Å²) >= 11 is 7.74. The molecule has 1 amide bonds. The molecule has 0 aliphatic carbocycles. The third-order valence-electron chi connectivity index (χ3n) is 5.34. The number of amides is 1. The Morgan fingerprint density at radius 1 is 1.29 bits per heavy atom. The normalized spacial score (nSPS) is 18.7. The largest absolute Gasteiger partial charge is 0.428 e. The second-order valence-corrected chi connectivity index (χ2v) is 8.64. The van der Waals surface area contributed by atoms with E-state index in [0.717, 1.165) is 0 Å². The standard InChI is InChI=1S/C21H16ClF3N6O2S/c22-13-9-11(23)1-2-12(13)17-16(14-4-7-31(29-14)20(24)25)15-3-5-27-21(32)33-10-30(15)18(28-17)19-26-6-8-34-19/h1-2,4,6-9,17,20H,3,5,10H2,(H,27,32)/t17-/m0/s1. The van der Waals surface area contributed by atoms with Crippen molar-refractivity contribution in [1.29, 1.82) is 0 Å². The van der Waals surface area contributed by atoms with Crippen molar-refractivity contribution in [3.63, 3.8) is 0 Å². The molecule has 1 saturated heterocycles. The first-order valence-electron chi connectivity index (χ1n) is 10.1. The molecule has 0 radical (unpaired) electrons. The molecule has 1 fully saturated rings. The molecule has 2 aromatic heterocycles. The van der Waals surface area contributed by atoms with Gasteiger partial charge in [0.2, 0.25) is 0 Å². The minimum Gasteiger partial charge on any atom is -0.428 e. The summed E-state index contributed by atoms with van der Waals surface area (Å²) in [6.07, 6.45) is 2.52. The van der Waals surface area contributed by atoms with Crippen molar-refractivity contribution in [3.8, 4) is 0 Å². The summed E-state index contributed by atoms with van der Waals surface area (Å²) in [7, 11) is 0. The van der Waals surface area contributed by atoms with Crippen molar-refractivity contribution >= 4 is 40.4 Å². The van der Waals surface area contributed by atoms with Gasteiger partial charge in [0.05, 0.1) is 5.69 Å². The number of nitrogens with one attached hydrogen (secondary N) is 1. The zero-order chi connectivity index (χ0) is 23.8. The zero-order valence-corrected chi connectivity index (χ0v) is 18.9. The average molecular weight is 509 g/mol. The van der Waals surface area contributed by atoms with E-state index in [9.17, 15) is 18.0 Å². The number of carbonyl (C=O) groups excluding carboxylic acids is 1. The molecule has 0 bridgehead atoms. The van der Waals surface area contributed by atoms with Crippen LogP contribution in [0.15, 0.2) is 52.7 Å². The van der Waals surface area contributed by atoms with Crippen LogP contribution in [0.4, 0.5) is 18.0 Å². The minimum absolute atomic E-state index is 0.127. The van der Waals surface area contributed by atoms with Gasteiger partial charge in [-0.25, -0.2) is 18.9 Å². The smallest absolute Gasteiger partial charge is 0.408 e. The van der Waals surface area contributed by atoms with Crippen LogP contribution in [-0.2, 0) is 4.74 Å². The molecule has 34 heavy (non-hydrogen) atoms. The average Bonchev–Trinajstić information content (AvgIpc) is 3.48. The maximum atomic E-state index is 13.8. The van der Waals surface area contributed by atoms with Crippen LogP contribution >= 0.6 is 22.9 Å². The molecule has 0 saturated carbocycles. The second kappa shape index (κ2) is 9.11. The van der Waals surface area contributed by atoms with Crippen molar-refractivity contribution < 1.29 is 22.7 Å². The van der Waals surface area contributed by atoms with E-state index in [-0.39, 0.29) is 24.0 Å². The van der Waals surface area contributed by atoms with Crippen molar-refractivity contribution in [3.05, 3.63) is 74.8 Å². The number of rotatable bonds is 4. The number of benzene rings is 1. The summed E-state index contributed by atoms with van der Waals surface area (Å²) in [6.45, 7) is -2.79. The van der Waals surface area contributed by atoms with Crippen molar-refractivity contribution in [1.82, 2.24) is 25.0 Å². The molecule has 1 N–H and O–H groups in total. The summed E-state index contributed by atoms with van der Waals surface area (Å²) in [5.41, 5.74) is 1.86. The van der Waals surface area contributed by atoms with Crippen LogP contribution in [-0.4, -0.2) is 44.9 Å². The van der Waals surface area contributed by atoms with Crippen molar-refractivity contribution in [2.24, 2.45) is 4.99 Å². The van der Waals surface area contributed by atoms with E-state index in [1.54, 1.807) is 16.5 Å². The van der Waals surface area contributed by atoms with E-state index in [4.69, 9.17) is 21.3 Å². The lowest BCUT2D eigenvalue weighted by Crippen LogP contribution is -2.43. The molecular weight excluding hydrogens is 493 g/mol. The highest BCUT2D eigenvalue weighted by Gasteiger charge is 2.37. The fourth-order valence-electron chi connectivity index (χ4n) is 3.88. The first-order valence-corrected chi connectivity index (χ1v) is 11.4. The highest BCUT2D eigenvalue weighted by molar-refractivity contribution is 7.11. The molecule has 2 aliphatic heterocycles. The van der Waals surface area contributed by atoms with Crippen LogP contribution < -0.4 is 5.32 Å². The van der Waals surface area contributed by atoms with Gasteiger partial charge in [-0.15, -0.1) is 11.3 Å². The number of hydrogen-bond acceptors (Lipinski definition) is 7. The number of alkyl carbamates (subject to hydrolysis) is 1. The molecule has 176 valence electrons. The number of carbonyl (C=O) groups is 1. The molecule has 5 rings (SSSR count). The van der Waals surface area contributed by atoms with Crippen LogP contribution in [0.1, 0.15) is 35.3 Å². The third-order valence-corrected chi connectivity index (χ3v) is 6.43. The summed E-state index contributed by atoms with van der Waals surface area (Å²) < 4.78 is 46.3. The number of thiazole rings is 1. The molecule has 0 unspecified atom stereocenters. The van der Waals surface area contributed by atoms with Gasteiger partial charge in [0, 0.05) is 52.6 Å².